The molecule has 0 radical (unpaired) electrons. The Labute approximate surface area is 127 Å². The van der Waals surface area contributed by atoms with Gasteiger partial charge in [0, 0.05) is 6.54 Å². The monoisotopic (exact) mass is 306 g/mol. The van der Waals surface area contributed by atoms with Crippen LogP contribution in [0.5, 0.6) is 5.75 Å². The lowest BCUT2D eigenvalue weighted by molar-refractivity contribution is -0.115. The van der Waals surface area contributed by atoms with Crippen LogP contribution in [-0.4, -0.2) is 31.2 Å². The van der Waals surface area contributed by atoms with Gasteiger partial charge in [0.05, 0.1) is 25.4 Å². The molecule has 1 amide bonds. The van der Waals surface area contributed by atoms with E-state index in [1.165, 1.54) is 11.3 Å². The summed E-state index contributed by atoms with van der Waals surface area (Å²) in [7, 11) is 1.56. The van der Waals surface area contributed by atoms with Crippen molar-refractivity contribution in [1.29, 1.82) is 0 Å². The van der Waals surface area contributed by atoms with Gasteiger partial charge in [-0.25, -0.2) is 0 Å². The van der Waals surface area contributed by atoms with Crippen LogP contribution < -0.4 is 15.4 Å². The van der Waals surface area contributed by atoms with Crippen LogP contribution in [-0.2, 0) is 4.79 Å². The van der Waals surface area contributed by atoms with E-state index in [2.05, 4.69) is 10.6 Å². The Morgan fingerprint density at radius 1 is 1.38 bits per heavy atom. The molecule has 0 saturated heterocycles. The molecule has 1 aromatic heterocycles. The molecular formula is C15H18N2O3S. The van der Waals surface area contributed by atoms with Crippen LogP contribution in [0.25, 0.3) is 0 Å². The van der Waals surface area contributed by atoms with Gasteiger partial charge in [0.25, 0.3) is 0 Å². The molecule has 112 valence electrons. The van der Waals surface area contributed by atoms with E-state index in [1.807, 2.05) is 29.0 Å². The van der Waals surface area contributed by atoms with Crippen LogP contribution in [0.15, 0.2) is 41.1 Å². The highest BCUT2D eigenvalue weighted by Gasteiger charge is 2.10. The highest BCUT2D eigenvalue weighted by molar-refractivity contribution is 7.07. The van der Waals surface area contributed by atoms with Gasteiger partial charge in [-0.2, -0.15) is 11.3 Å². The number of hydrogen-bond donors (Lipinski definition) is 3. The van der Waals surface area contributed by atoms with Crippen molar-refractivity contribution in [3.63, 3.8) is 0 Å². The third-order valence-electron chi connectivity index (χ3n) is 2.93. The third-order valence-corrected chi connectivity index (χ3v) is 3.63. The normalized spacial score (nSPS) is 11.9. The molecule has 0 aliphatic carbocycles. The number of rotatable bonds is 7. The molecule has 2 aromatic rings. The number of methoxy groups -OCH3 is 1. The molecule has 1 aromatic carbocycles. The lowest BCUT2D eigenvalue weighted by Crippen LogP contribution is -2.31. The first-order valence-corrected chi connectivity index (χ1v) is 7.48. The lowest BCUT2D eigenvalue weighted by atomic mass is 10.2. The highest BCUT2D eigenvalue weighted by Crippen LogP contribution is 2.22. The van der Waals surface area contributed by atoms with Gasteiger partial charge in [-0.1, -0.05) is 12.1 Å². The Hall–Kier alpha value is -1.89. The summed E-state index contributed by atoms with van der Waals surface area (Å²) in [5.74, 6) is 0.432. The number of amides is 1. The van der Waals surface area contributed by atoms with Crippen molar-refractivity contribution < 1.29 is 14.6 Å². The van der Waals surface area contributed by atoms with Crippen LogP contribution in [0.4, 0.5) is 5.69 Å². The molecule has 0 spiro atoms. The Balaban J connectivity index is 1.77. The van der Waals surface area contributed by atoms with E-state index >= 15 is 0 Å². The van der Waals surface area contributed by atoms with Crippen LogP contribution in [0.1, 0.15) is 11.7 Å². The van der Waals surface area contributed by atoms with Crippen molar-refractivity contribution in [2.75, 3.05) is 25.5 Å². The van der Waals surface area contributed by atoms with Crippen LogP contribution in [0, 0.1) is 0 Å². The Morgan fingerprint density at radius 2 is 2.19 bits per heavy atom. The minimum Gasteiger partial charge on any atom is -0.495 e. The maximum Gasteiger partial charge on any atom is 0.238 e. The summed E-state index contributed by atoms with van der Waals surface area (Å²) < 4.78 is 5.16. The van der Waals surface area contributed by atoms with E-state index in [0.29, 0.717) is 18.0 Å². The van der Waals surface area contributed by atoms with Crippen LogP contribution >= 0.6 is 11.3 Å². The summed E-state index contributed by atoms with van der Waals surface area (Å²) >= 11 is 1.53. The van der Waals surface area contributed by atoms with Gasteiger partial charge < -0.3 is 20.5 Å². The van der Waals surface area contributed by atoms with Crippen molar-refractivity contribution in [1.82, 2.24) is 5.32 Å². The average Bonchev–Trinajstić information content (AvgIpc) is 3.02. The van der Waals surface area contributed by atoms with E-state index in [1.54, 1.807) is 19.2 Å². The van der Waals surface area contributed by atoms with Crippen molar-refractivity contribution >= 4 is 22.9 Å². The van der Waals surface area contributed by atoms with Gasteiger partial charge >= 0.3 is 0 Å². The molecule has 3 N–H and O–H groups in total. The second kappa shape index (κ2) is 7.78. The zero-order valence-electron chi connectivity index (χ0n) is 11.7. The average molecular weight is 306 g/mol. The molecule has 1 atom stereocenters. The number of anilines is 1. The van der Waals surface area contributed by atoms with Gasteiger partial charge in [-0.05, 0) is 34.5 Å². The number of nitrogens with one attached hydrogen (secondary N) is 2. The number of ether oxygens (including phenoxy) is 1. The van der Waals surface area contributed by atoms with Gasteiger partial charge in [0.2, 0.25) is 5.91 Å². The first-order valence-electron chi connectivity index (χ1n) is 6.54. The summed E-state index contributed by atoms with van der Waals surface area (Å²) in [4.78, 5) is 11.8. The molecule has 0 bridgehead atoms. The number of thiophene rings is 1. The lowest BCUT2D eigenvalue weighted by Gasteiger charge is -2.12. The predicted octanol–water partition coefficient (Wildman–Crippen LogP) is 2.02. The standard InChI is InChI=1S/C15H18N2O3S/c1-20-14-5-3-2-4-12(14)17-15(19)9-16-8-13(18)11-6-7-21-10-11/h2-7,10,13,16,18H,8-9H2,1H3,(H,17,19). The molecule has 0 saturated carbocycles. The third kappa shape index (κ3) is 4.56. The second-order valence-corrected chi connectivity index (χ2v) is 5.23. The Morgan fingerprint density at radius 3 is 2.90 bits per heavy atom. The summed E-state index contributed by atoms with van der Waals surface area (Å²) in [6, 6.07) is 9.09. The molecule has 0 aliphatic rings. The summed E-state index contributed by atoms with van der Waals surface area (Å²) in [5.41, 5.74) is 1.49. The maximum atomic E-state index is 11.8. The fraction of sp³-hybridized carbons (Fsp3) is 0.267. The van der Waals surface area contributed by atoms with E-state index in [-0.39, 0.29) is 12.5 Å². The maximum absolute atomic E-state index is 11.8. The summed E-state index contributed by atoms with van der Waals surface area (Å²) in [5, 5.41) is 19.4. The first kappa shape index (κ1) is 15.5. The van der Waals surface area contributed by atoms with Gasteiger partial charge in [-0.3, -0.25) is 4.79 Å². The number of aliphatic hydroxyl groups excluding tert-OH is 1. The smallest absolute Gasteiger partial charge is 0.238 e. The topological polar surface area (TPSA) is 70.6 Å². The largest absolute Gasteiger partial charge is 0.495 e. The molecule has 5 nitrogen and oxygen atoms in total. The molecule has 0 aliphatic heterocycles. The number of benzene rings is 1. The minimum absolute atomic E-state index is 0.124. The first-order chi connectivity index (χ1) is 10.2. The molecule has 6 heteroatoms. The van der Waals surface area contributed by atoms with Crippen molar-refractivity contribution in [2.24, 2.45) is 0 Å². The fourth-order valence-corrected chi connectivity index (χ4v) is 2.55. The van der Waals surface area contributed by atoms with Gasteiger partial charge in [0.1, 0.15) is 5.75 Å². The van der Waals surface area contributed by atoms with Crippen molar-refractivity contribution in [3.8, 4) is 5.75 Å². The number of para-hydroxylation sites is 2. The second-order valence-electron chi connectivity index (χ2n) is 4.45. The molecule has 2 rings (SSSR count). The predicted molar refractivity (Wildman–Crippen MR) is 83.8 cm³/mol. The number of aliphatic hydroxyl groups is 1. The molecule has 21 heavy (non-hydrogen) atoms. The summed E-state index contributed by atoms with van der Waals surface area (Å²) in [6.45, 7) is 0.454. The molecule has 0 fully saturated rings. The molecular weight excluding hydrogens is 288 g/mol. The van der Waals surface area contributed by atoms with E-state index < -0.39 is 6.10 Å². The number of carbonyl (C=O) groups is 1. The Bertz CT molecular complexity index is 572. The molecule has 1 unspecified atom stereocenters. The zero-order chi connectivity index (χ0) is 15.1. The number of hydrogen-bond acceptors (Lipinski definition) is 5. The Kier molecular flexibility index (Phi) is 5.74. The SMILES string of the molecule is COc1ccccc1NC(=O)CNCC(O)c1ccsc1. The van der Waals surface area contributed by atoms with E-state index in [4.69, 9.17) is 4.74 Å². The highest BCUT2D eigenvalue weighted by atomic mass is 32.1. The minimum atomic E-state index is -0.602. The van der Waals surface area contributed by atoms with Crippen LogP contribution in [0.3, 0.4) is 0 Å². The van der Waals surface area contributed by atoms with Crippen molar-refractivity contribution in [3.05, 3.63) is 46.7 Å². The van der Waals surface area contributed by atoms with E-state index in [0.717, 1.165) is 5.56 Å². The van der Waals surface area contributed by atoms with Crippen LogP contribution in [0.2, 0.25) is 0 Å². The van der Waals surface area contributed by atoms with Gasteiger partial charge in [0.15, 0.2) is 0 Å². The fourth-order valence-electron chi connectivity index (χ4n) is 1.85. The van der Waals surface area contributed by atoms with E-state index in [9.17, 15) is 9.90 Å². The quantitative estimate of drug-likeness (QED) is 0.732. The van der Waals surface area contributed by atoms with Crippen molar-refractivity contribution in [2.45, 2.75) is 6.10 Å². The molecule has 1 heterocycles. The zero-order valence-corrected chi connectivity index (χ0v) is 12.5. The number of carbonyl (C=O) groups excluding carboxylic acids is 1. The summed E-state index contributed by atoms with van der Waals surface area (Å²) in [6.07, 6.45) is -0.602. The van der Waals surface area contributed by atoms with Gasteiger partial charge in [-0.15, -0.1) is 0 Å².